The average molecular weight is 371 g/mol. The van der Waals surface area contributed by atoms with E-state index >= 15 is 0 Å². The maximum Gasteiger partial charge on any atom is 0.265 e. The number of hydrogen-bond acceptors (Lipinski definition) is 5. The topological polar surface area (TPSA) is 97.4 Å². The van der Waals surface area contributed by atoms with Crippen LogP contribution in [0.2, 0.25) is 0 Å². The Hall–Kier alpha value is -3.13. The molecule has 3 rings (SSSR count). The van der Waals surface area contributed by atoms with E-state index in [1.54, 1.807) is 30.5 Å². The molecule has 0 atom stereocenters. The molecule has 0 bridgehead atoms. The average Bonchev–Trinajstić information content (AvgIpc) is 2.61. The fourth-order valence-electron chi connectivity index (χ4n) is 2.55. The number of hydrogen-bond donors (Lipinski definition) is 2. The molecule has 3 aromatic rings. The van der Waals surface area contributed by atoms with Gasteiger partial charge in [0.05, 0.1) is 18.3 Å². The summed E-state index contributed by atoms with van der Waals surface area (Å²) in [6.07, 6.45) is 1.60. The summed E-state index contributed by atoms with van der Waals surface area (Å²) in [4.78, 5) is 15.4. The lowest BCUT2D eigenvalue weighted by Crippen LogP contribution is -2.15. The van der Waals surface area contributed by atoms with Crippen molar-refractivity contribution in [2.24, 2.45) is 0 Å². The molecule has 0 aliphatic rings. The molecule has 1 amide bonds. The number of benzene rings is 2. The predicted octanol–water partition coefficient (Wildman–Crippen LogP) is 3.00. The molecule has 2 aromatic carbocycles. The van der Waals surface area contributed by atoms with E-state index < -0.39 is 10.0 Å². The van der Waals surface area contributed by atoms with E-state index in [9.17, 15) is 13.2 Å². The van der Waals surface area contributed by atoms with Crippen molar-refractivity contribution in [1.82, 2.24) is 4.98 Å². The number of fused-ring (bicyclic) bond motifs is 1. The van der Waals surface area contributed by atoms with Crippen molar-refractivity contribution in [2.45, 2.75) is 11.8 Å². The highest BCUT2D eigenvalue weighted by Gasteiger charge is 2.21. The zero-order valence-electron chi connectivity index (χ0n) is 14.2. The van der Waals surface area contributed by atoms with Crippen LogP contribution in [0, 0.1) is 0 Å². The van der Waals surface area contributed by atoms with E-state index in [2.05, 4.69) is 15.0 Å². The number of para-hydroxylation sites is 1. The summed E-state index contributed by atoms with van der Waals surface area (Å²) in [6, 6.07) is 13.3. The Morgan fingerprint density at radius 1 is 1.12 bits per heavy atom. The lowest BCUT2D eigenvalue weighted by Gasteiger charge is -2.14. The number of carbonyl (C=O) groups excluding carboxylic acids is 1. The molecule has 0 unspecified atom stereocenters. The smallest absolute Gasteiger partial charge is 0.265 e. The minimum atomic E-state index is -3.97. The first-order valence-corrected chi connectivity index (χ1v) is 9.21. The Kier molecular flexibility index (Phi) is 4.77. The molecular weight excluding hydrogens is 354 g/mol. The Bertz CT molecular complexity index is 1080. The van der Waals surface area contributed by atoms with Gasteiger partial charge in [0.2, 0.25) is 5.91 Å². The van der Waals surface area contributed by atoms with Crippen molar-refractivity contribution in [2.75, 3.05) is 17.1 Å². The number of sulfonamides is 1. The Labute approximate surface area is 151 Å². The lowest BCUT2D eigenvalue weighted by atomic mass is 10.2. The first kappa shape index (κ1) is 17.7. The minimum absolute atomic E-state index is 0.0841. The van der Waals surface area contributed by atoms with Crippen LogP contribution in [0.25, 0.3) is 10.9 Å². The molecule has 7 nitrogen and oxygen atoms in total. The first-order chi connectivity index (χ1) is 12.4. The summed E-state index contributed by atoms with van der Waals surface area (Å²) in [5.41, 5.74) is 1.25. The summed E-state index contributed by atoms with van der Waals surface area (Å²) in [5, 5.41) is 3.37. The number of nitrogens with zero attached hydrogens (tertiary/aromatic N) is 1. The van der Waals surface area contributed by atoms with E-state index in [1.165, 1.54) is 26.2 Å². The molecule has 0 spiro atoms. The summed E-state index contributed by atoms with van der Waals surface area (Å²) in [5.74, 6) is -0.135. The molecule has 1 heterocycles. The normalized spacial score (nSPS) is 11.2. The highest BCUT2D eigenvalue weighted by Crippen LogP contribution is 2.30. The zero-order valence-corrected chi connectivity index (χ0v) is 15.0. The van der Waals surface area contributed by atoms with Crippen molar-refractivity contribution in [1.29, 1.82) is 0 Å². The summed E-state index contributed by atoms with van der Waals surface area (Å²) in [7, 11) is -2.59. The SMILES string of the molecule is COc1ccc(NC(C)=O)cc1S(=O)(=O)Nc1cccc2cccnc12. The van der Waals surface area contributed by atoms with Gasteiger partial charge in [0.15, 0.2) is 0 Å². The Morgan fingerprint density at radius 3 is 2.62 bits per heavy atom. The van der Waals surface area contributed by atoms with E-state index in [4.69, 9.17) is 4.74 Å². The second-order valence-electron chi connectivity index (χ2n) is 5.53. The fraction of sp³-hybridized carbons (Fsp3) is 0.111. The van der Waals surface area contributed by atoms with Crippen molar-refractivity contribution in [3.63, 3.8) is 0 Å². The van der Waals surface area contributed by atoms with Gasteiger partial charge in [-0.15, -0.1) is 0 Å². The van der Waals surface area contributed by atoms with Crippen LogP contribution < -0.4 is 14.8 Å². The molecule has 2 N–H and O–H groups in total. The molecule has 0 aliphatic carbocycles. The van der Waals surface area contributed by atoms with Gasteiger partial charge >= 0.3 is 0 Å². The summed E-state index contributed by atoms with van der Waals surface area (Å²) in [6.45, 7) is 1.35. The second kappa shape index (κ2) is 7.01. The lowest BCUT2D eigenvalue weighted by molar-refractivity contribution is -0.114. The van der Waals surface area contributed by atoms with Crippen LogP contribution in [0.1, 0.15) is 6.92 Å². The number of amides is 1. The van der Waals surface area contributed by atoms with Gasteiger partial charge in [0.1, 0.15) is 10.6 Å². The number of ether oxygens (including phenoxy) is 1. The molecule has 134 valence electrons. The Balaban J connectivity index is 2.06. The highest BCUT2D eigenvalue weighted by atomic mass is 32.2. The number of nitrogens with one attached hydrogen (secondary N) is 2. The van der Waals surface area contributed by atoms with Gasteiger partial charge < -0.3 is 10.1 Å². The van der Waals surface area contributed by atoms with Gasteiger partial charge in [0.25, 0.3) is 10.0 Å². The van der Waals surface area contributed by atoms with Crippen molar-refractivity contribution >= 4 is 38.2 Å². The third-order valence-corrected chi connectivity index (χ3v) is 5.04. The standard InChI is InChI=1S/C18H17N3O4S/c1-12(22)20-14-8-9-16(25-2)17(11-14)26(23,24)21-15-7-3-5-13-6-4-10-19-18(13)15/h3-11,21H,1-2H3,(H,20,22). The molecule has 0 saturated carbocycles. The maximum absolute atomic E-state index is 12.9. The quantitative estimate of drug-likeness (QED) is 0.718. The number of carbonyl (C=O) groups is 1. The van der Waals surface area contributed by atoms with Crippen LogP contribution in [0.3, 0.4) is 0 Å². The highest BCUT2D eigenvalue weighted by molar-refractivity contribution is 7.92. The van der Waals surface area contributed by atoms with Crippen LogP contribution in [0.15, 0.2) is 59.6 Å². The van der Waals surface area contributed by atoms with E-state index in [0.29, 0.717) is 16.9 Å². The molecule has 0 radical (unpaired) electrons. The molecule has 8 heteroatoms. The van der Waals surface area contributed by atoms with Crippen molar-refractivity contribution in [3.05, 3.63) is 54.7 Å². The monoisotopic (exact) mass is 371 g/mol. The third kappa shape index (κ3) is 3.60. The molecule has 26 heavy (non-hydrogen) atoms. The van der Waals surface area contributed by atoms with Gasteiger partial charge in [0, 0.05) is 24.2 Å². The number of aromatic nitrogens is 1. The summed E-state index contributed by atoms with van der Waals surface area (Å²) < 4.78 is 33.6. The number of rotatable bonds is 5. The van der Waals surface area contributed by atoms with E-state index in [1.807, 2.05) is 12.1 Å². The molecule has 1 aromatic heterocycles. The molecule has 0 fully saturated rings. The number of methoxy groups -OCH3 is 1. The fourth-order valence-corrected chi connectivity index (χ4v) is 3.82. The Morgan fingerprint density at radius 2 is 1.88 bits per heavy atom. The van der Waals surface area contributed by atoms with Crippen LogP contribution in [0.5, 0.6) is 5.75 Å². The van der Waals surface area contributed by atoms with Crippen LogP contribution in [-0.2, 0) is 14.8 Å². The van der Waals surface area contributed by atoms with Crippen molar-refractivity contribution < 1.29 is 17.9 Å². The van der Waals surface area contributed by atoms with Gasteiger partial charge in [-0.25, -0.2) is 8.42 Å². The zero-order chi connectivity index (χ0) is 18.7. The molecule has 0 aliphatic heterocycles. The summed E-state index contributed by atoms with van der Waals surface area (Å²) >= 11 is 0. The van der Waals surface area contributed by atoms with Crippen LogP contribution in [0.4, 0.5) is 11.4 Å². The second-order valence-corrected chi connectivity index (χ2v) is 7.18. The number of pyridine rings is 1. The first-order valence-electron chi connectivity index (χ1n) is 7.73. The maximum atomic E-state index is 12.9. The molecule has 0 saturated heterocycles. The molecular formula is C18H17N3O4S. The minimum Gasteiger partial charge on any atom is -0.495 e. The predicted molar refractivity (Wildman–Crippen MR) is 99.8 cm³/mol. The number of anilines is 2. The van der Waals surface area contributed by atoms with Gasteiger partial charge in [-0.05, 0) is 30.3 Å². The van der Waals surface area contributed by atoms with Gasteiger partial charge in [-0.1, -0.05) is 18.2 Å². The van der Waals surface area contributed by atoms with Gasteiger partial charge in [-0.2, -0.15) is 0 Å². The van der Waals surface area contributed by atoms with Crippen molar-refractivity contribution in [3.8, 4) is 5.75 Å². The van der Waals surface area contributed by atoms with Crippen LogP contribution in [-0.4, -0.2) is 26.4 Å². The van der Waals surface area contributed by atoms with Gasteiger partial charge in [-0.3, -0.25) is 14.5 Å². The van der Waals surface area contributed by atoms with E-state index in [0.717, 1.165) is 5.39 Å². The third-order valence-electron chi connectivity index (χ3n) is 3.65. The van der Waals surface area contributed by atoms with Crippen LogP contribution >= 0.6 is 0 Å². The largest absolute Gasteiger partial charge is 0.495 e. The van der Waals surface area contributed by atoms with E-state index in [-0.39, 0.29) is 16.6 Å².